The van der Waals surface area contributed by atoms with Gasteiger partial charge in [0.05, 0.1) is 59.1 Å². The molecule has 2 fully saturated rings. The highest BCUT2D eigenvalue weighted by Crippen LogP contribution is 2.39. The highest BCUT2D eigenvalue weighted by atomic mass is 35.5. The van der Waals surface area contributed by atoms with E-state index >= 15 is 0 Å². The standard InChI is InChI=1S/C26H32Cl2FN5O6Si/c1-41(2,3)8-7-37-15-32-13-18(27)23-24(32)30-26(28)31-25(23)39-6-4-5-38-22-11-20(19(29)10-21(22)34(35)36)33-12-17-9-16(33)14-40-17/h10-11,13,16-17H,4-9,12,14-15H2,1-3H3. The van der Waals surface area contributed by atoms with Crippen LogP contribution < -0.4 is 14.4 Å². The molecule has 5 rings (SSSR count). The second-order valence-electron chi connectivity index (χ2n) is 11.4. The highest BCUT2D eigenvalue weighted by Gasteiger charge is 2.40. The molecule has 0 amide bonds. The predicted molar refractivity (Wildman–Crippen MR) is 156 cm³/mol. The number of hydrogen-bond donors (Lipinski definition) is 0. The molecule has 3 aromatic rings. The largest absolute Gasteiger partial charge is 0.487 e. The van der Waals surface area contributed by atoms with Crippen LogP contribution in [0.5, 0.6) is 11.6 Å². The second kappa shape index (κ2) is 12.3. The molecule has 1 aromatic carbocycles. The normalized spacial score (nSPS) is 18.4. The van der Waals surface area contributed by atoms with E-state index in [1.165, 1.54) is 6.07 Å². The van der Waals surface area contributed by atoms with E-state index in [-0.39, 0.29) is 54.7 Å². The van der Waals surface area contributed by atoms with Crippen LogP contribution in [0.15, 0.2) is 18.3 Å². The highest BCUT2D eigenvalue weighted by molar-refractivity contribution is 6.76. The summed E-state index contributed by atoms with van der Waals surface area (Å²) in [5.74, 6) is -0.445. The van der Waals surface area contributed by atoms with Crippen molar-refractivity contribution in [2.24, 2.45) is 0 Å². The summed E-state index contributed by atoms with van der Waals surface area (Å²) in [4.78, 5) is 21.3. The van der Waals surface area contributed by atoms with Gasteiger partial charge in [0, 0.05) is 39.9 Å². The molecule has 222 valence electrons. The molecule has 2 bridgehead atoms. The molecule has 2 atom stereocenters. The molecule has 0 radical (unpaired) electrons. The lowest BCUT2D eigenvalue weighted by Gasteiger charge is -2.29. The lowest BCUT2D eigenvalue weighted by atomic mass is 10.2. The van der Waals surface area contributed by atoms with Crippen molar-refractivity contribution >= 4 is 53.7 Å². The van der Waals surface area contributed by atoms with Gasteiger partial charge in [-0.05, 0) is 24.1 Å². The van der Waals surface area contributed by atoms with Gasteiger partial charge in [0.15, 0.2) is 17.2 Å². The fraction of sp³-hybridized carbons (Fsp3) is 0.538. The molecular weight excluding hydrogens is 596 g/mol. The zero-order chi connectivity index (χ0) is 29.3. The minimum Gasteiger partial charge on any atom is -0.487 e. The van der Waals surface area contributed by atoms with Crippen LogP contribution >= 0.6 is 23.2 Å². The molecule has 11 nitrogen and oxygen atoms in total. The van der Waals surface area contributed by atoms with Crippen molar-refractivity contribution in [3.8, 4) is 11.6 Å². The Kier molecular flexibility index (Phi) is 8.90. The maximum absolute atomic E-state index is 14.8. The maximum Gasteiger partial charge on any atom is 0.314 e. The van der Waals surface area contributed by atoms with Gasteiger partial charge in [-0.15, -0.1) is 0 Å². The number of benzene rings is 1. The fourth-order valence-corrected chi connectivity index (χ4v) is 6.14. The van der Waals surface area contributed by atoms with Crippen LogP contribution in [0.2, 0.25) is 36.0 Å². The van der Waals surface area contributed by atoms with Gasteiger partial charge in [-0.3, -0.25) is 10.1 Å². The van der Waals surface area contributed by atoms with E-state index in [2.05, 4.69) is 29.6 Å². The third-order valence-electron chi connectivity index (χ3n) is 7.06. The number of anilines is 1. The first kappa shape index (κ1) is 29.8. The van der Waals surface area contributed by atoms with Crippen LogP contribution in [0.3, 0.4) is 0 Å². The van der Waals surface area contributed by atoms with Crippen LogP contribution in [0.1, 0.15) is 12.8 Å². The number of morpholine rings is 1. The van der Waals surface area contributed by atoms with Crippen molar-refractivity contribution in [1.29, 1.82) is 0 Å². The molecule has 0 N–H and O–H groups in total. The van der Waals surface area contributed by atoms with E-state index < -0.39 is 24.5 Å². The molecule has 0 saturated carbocycles. The Morgan fingerprint density at radius 3 is 2.66 bits per heavy atom. The topological polar surface area (TPSA) is 114 Å². The first-order valence-electron chi connectivity index (χ1n) is 13.4. The van der Waals surface area contributed by atoms with E-state index in [0.29, 0.717) is 42.2 Å². The summed E-state index contributed by atoms with van der Waals surface area (Å²) in [5.41, 5.74) is 0.335. The summed E-state index contributed by atoms with van der Waals surface area (Å²) in [6.45, 7) is 9.04. The van der Waals surface area contributed by atoms with E-state index in [4.69, 9.17) is 42.1 Å². The molecule has 15 heteroatoms. The van der Waals surface area contributed by atoms with Crippen LogP contribution in [0, 0.1) is 15.9 Å². The average molecular weight is 629 g/mol. The molecule has 2 aliphatic heterocycles. The lowest BCUT2D eigenvalue weighted by Crippen LogP contribution is -2.37. The predicted octanol–water partition coefficient (Wildman–Crippen LogP) is 5.92. The summed E-state index contributed by atoms with van der Waals surface area (Å²) >= 11 is 12.7. The van der Waals surface area contributed by atoms with Gasteiger partial charge in [-0.2, -0.15) is 9.97 Å². The number of rotatable bonds is 13. The number of aromatic nitrogens is 3. The van der Waals surface area contributed by atoms with E-state index in [0.717, 1.165) is 18.5 Å². The third-order valence-corrected chi connectivity index (χ3v) is 9.22. The SMILES string of the molecule is C[Si](C)(C)CCOCn1cc(Cl)c2c(OCCCOc3cc(N4CC5CC4CO5)c(F)cc3[N+](=O)[O-])nc(Cl)nc21. The third kappa shape index (κ3) is 6.86. The molecule has 2 aliphatic rings. The number of ether oxygens (including phenoxy) is 4. The molecule has 2 aromatic heterocycles. The number of halogens is 3. The minimum atomic E-state index is -1.22. The Morgan fingerprint density at radius 2 is 1.98 bits per heavy atom. The van der Waals surface area contributed by atoms with Crippen molar-refractivity contribution in [3.63, 3.8) is 0 Å². The summed E-state index contributed by atoms with van der Waals surface area (Å²) in [5, 5.41) is 12.5. The van der Waals surface area contributed by atoms with Crippen molar-refractivity contribution in [1.82, 2.24) is 14.5 Å². The monoisotopic (exact) mass is 627 g/mol. The maximum atomic E-state index is 14.8. The van der Waals surface area contributed by atoms with Crippen molar-refractivity contribution in [3.05, 3.63) is 44.6 Å². The summed E-state index contributed by atoms with van der Waals surface area (Å²) in [6, 6.07) is 3.39. The smallest absolute Gasteiger partial charge is 0.314 e. The van der Waals surface area contributed by atoms with Crippen LogP contribution in [0.4, 0.5) is 15.8 Å². The summed E-state index contributed by atoms with van der Waals surface area (Å²) in [6.07, 6.45) is 2.91. The van der Waals surface area contributed by atoms with Crippen molar-refractivity contribution in [2.75, 3.05) is 37.9 Å². The molecular formula is C26H32Cl2FN5O6Si. The van der Waals surface area contributed by atoms with Crippen LogP contribution in [0.25, 0.3) is 11.0 Å². The molecule has 41 heavy (non-hydrogen) atoms. The van der Waals surface area contributed by atoms with Gasteiger partial charge < -0.3 is 28.4 Å². The number of nitrogens with zero attached hydrogens (tertiary/aromatic N) is 5. The number of nitro benzene ring substituents is 1. The average Bonchev–Trinajstić information content (AvgIpc) is 3.61. The minimum absolute atomic E-state index is 0.00246. The van der Waals surface area contributed by atoms with Gasteiger partial charge in [-0.1, -0.05) is 31.2 Å². The number of fused-ring (bicyclic) bond motifs is 3. The molecule has 4 heterocycles. The number of hydrogen-bond acceptors (Lipinski definition) is 9. The van der Waals surface area contributed by atoms with Gasteiger partial charge in [0.1, 0.15) is 6.73 Å². The van der Waals surface area contributed by atoms with Crippen molar-refractivity contribution < 1.29 is 28.3 Å². The van der Waals surface area contributed by atoms with E-state index in [1.807, 2.05) is 4.90 Å². The first-order chi connectivity index (χ1) is 19.5. The Bertz CT molecular complexity index is 1440. The van der Waals surface area contributed by atoms with Crippen LogP contribution in [-0.2, 0) is 16.2 Å². The molecule has 2 unspecified atom stereocenters. The van der Waals surface area contributed by atoms with Gasteiger partial charge in [0.25, 0.3) is 0 Å². The Labute approximate surface area is 247 Å². The van der Waals surface area contributed by atoms with Gasteiger partial charge in [-0.25, -0.2) is 4.39 Å². The zero-order valence-corrected chi connectivity index (χ0v) is 25.6. The van der Waals surface area contributed by atoms with Gasteiger partial charge in [0.2, 0.25) is 11.2 Å². The number of nitro groups is 1. The van der Waals surface area contributed by atoms with E-state index in [9.17, 15) is 14.5 Å². The Balaban J connectivity index is 1.21. The Hall–Kier alpha value is -2.71. The zero-order valence-electron chi connectivity index (χ0n) is 23.1. The Morgan fingerprint density at radius 1 is 1.20 bits per heavy atom. The molecule has 0 aliphatic carbocycles. The molecule has 2 saturated heterocycles. The summed E-state index contributed by atoms with van der Waals surface area (Å²) in [7, 11) is -1.22. The van der Waals surface area contributed by atoms with Crippen LogP contribution in [-0.4, -0.2) is 72.7 Å². The summed E-state index contributed by atoms with van der Waals surface area (Å²) < 4.78 is 39.6. The molecule has 0 spiro atoms. The first-order valence-corrected chi connectivity index (χ1v) is 17.9. The van der Waals surface area contributed by atoms with Gasteiger partial charge >= 0.3 is 5.69 Å². The fourth-order valence-electron chi connectivity index (χ4n) is 4.94. The van der Waals surface area contributed by atoms with E-state index in [1.54, 1.807) is 10.8 Å². The lowest BCUT2D eigenvalue weighted by molar-refractivity contribution is -0.386. The van der Waals surface area contributed by atoms with Crippen molar-refractivity contribution in [2.45, 2.75) is 57.4 Å². The second-order valence-corrected chi connectivity index (χ2v) is 17.7. The quantitative estimate of drug-likeness (QED) is 0.0748.